The number of anilines is 2. The number of hydrogen-bond donors (Lipinski definition) is 1. The molecule has 0 aromatic carbocycles. The van der Waals surface area contributed by atoms with Crippen LogP contribution in [0.2, 0.25) is 0 Å². The highest BCUT2D eigenvalue weighted by Gasteiger charge is 2.29. The Morgan fingerprint density at radius 3 is 2.97 bits per heavy atom. The minimum Gasteiger partial charge on any atom is -0.466 e. The first-order valence-corrected chi connectivity index (χ1v) is 12.9. The minimum atomic E-state index is -0.318. The summed E-state index contributed by atoms with van der Waals surface area (Å²) in [5.41, 5.74) is 2.33. The Balaban J connectivity index is 1.28. The van der Waals surface area contributed by atoms with Crippen molar-refractivity contribution in [2.24, 2.45) is 5.92 Å². The van der Waals surface area contributed by atoms with Gasteiger partial charge in [-0.2, -0.15) is 0 Å². The van der Waals surface area contributed by atoms with Gasteiger partial charge in [0, 0.05) is 31.4 Å². The van der Waals surface area contributed by atoms with Gasteiger partial charge in [0.1, 0.15) is 12.2 Å². The number of aryl methyl sites for hydroxylation is 2. The Labute approximate surface area is 201 Å². The number of amides is 1. The van der Waals surface area contributed by atoms with E-state index in [1.54, 1.807) is 18.6 Å². The zero-order valence-electron chi connectivity index (χ0n) is 19.3. The number of imidazole rings is 1. The van der Waals surface area contributed by atoms with Crippen LogP contribution in [0.25, 0.3) is 11.2 Å². The van der Waals surface area contributed by atoms with E-state index in [0.29, 0.717) is 24.0 Å². The molecule has 10 nitrogen and oxygen atoms in total. The summed E-state index contributed by atoms with van der Waals surface area (Å²) in [6, 6.07) is 0. The van der Waals surface area contributed by atoms with Crippen LogP contribution in [0, 0.1) is 5.92 Å². The second kappa shape index (κ2) is 10.0. The molecule has 0 saturated carbocycles. The van der Waals surface area contributed by atoms with Gasteiger partial charge in [-0.25, -0.2) is 19.9 Å². The van der Waals surface area contributed by atoms with Crippen LogP contribution in [-0.4, -0.2) is 56.1 Å². The summed E-state index contributed by atoms with van der Waals surface area (Å²) >= 11 is 1.32. The topological polar surface area (TPSA) is 115 Å². The van der Waals surface area contributed by atoms with Crippen molar-refractivity contribution >= 4 is 45.3 Å². The fraction of sp³-hybridized carbons (Fsp3) is 0.565. The van der Waals surface area contributed by atoms with E-state index < -0.39 is 0 Å². The number of nitrogens with zero attached hydrogens (tertiary/aromatic N) is 6. The number of aromatic nitrogens is 5. The van der Waals surface area contributed by atoms with Crippen molar-refractivity contribution in [3.63, 3.8) is 0 Å². The highest BCUT2D eigenvalue weighted by molar-refractivity contribution is 7.13. The molecule has 5 heterocycles. The van der Waals surface area contributed by atoms with Gasteiger partial charge in [-0.15, -0.1) is 11.3 Å². The number of piperidine rings is 1. The van der Waals surface area contributed by atoms with Crippen molar-refractivity contribution in [2.45, 2.75) is 58.4 Å². The van der Waals surface area contributed by atoms with Crippen LogP contribution < -0.4 is 10.2 Å². The summed E-state index contributed by atoms with van der Waals surface area (Å²) in [4.78, 5) is 45.3. The molecule has 0 spiro atoms. The highest BCUT2D eigenvalue weighted by Crippen LogP contribution is 2.30. The highest BCUT2D eigenvalue weighted by atomic mass is 32.1. The second-order valence-electron chi connectivity index (χ2n) is 8.76. The van der Waals surface area contributed by atoms with Crippen LogP contribution >= 0.6 is 11.3 Å². The standard InChI is InChI=1S/C23H29N7O3S/c1-2-33-18(31)11-16-13-34-23(26-16)28-22(32)15-7-6-9-29(12-15)20-19-21(25-14-24-20)30-10-5-3-4-8-17(30)27-19/h13-15H,2-12H2,1H3,(H,26,28,32)/t15-/m0/s1. The molecule has 1 amide bonds. The molecule has 0 unspecified atom stereocenters. The number of thiazole rings is 1. The Hall–Kier alpha value is -3.08. The van der Waals surface area contributed by atoms with Gasteiger partial charge in [-0.1, -0.05) is 6.42 Å². The summed E-state index contributed by atoms with van der Waals surface area (Å²) in [6.07, 6.45) is 7.89. The van der Waals surface area contributed by atoms with E-state index in [-0.39, 0.29) is 24.2 Å². The van der Waals surface area contributed by atoms with Gasteiger partial charge in [-0.3, -0.25) is 9.59 Å². The largest absolute Gasteiger partial charge is 0.466 e. The van der Waals surface area contributed by atoms with Crippen LogP contribution in [0.3, 0.4) is 0 Å². The SMILES string of the molecule is CCOC(=O)Cc1csc(NC(=O)[C@H]2CCCN(c3ncnc4c3nc3n4CCCCC3)C2)n1. The van der Waals surface area contributed by atoms with Gasteiger partial charge < -0.3 is 19.5 Å². The van der Waals surface area contributed by atoms with E-state index in [1.807, 2.05) is 0 Å². The molecule has 1 saturated heterocycles. The van der Waals surface area contributed by atoms with Crippen molar-refractivity contribution in [3.05, 3.63) is 23.2 Å². The van der Waals surface area contributed by atoms with Crippen LogP contribution in [0.1, 0.15) is 50.5 Å². The van der Waals surface area contributed by atoms with Crippen molar-refractivity contribution in [1.29, 1.82) is 0 Å². The molecule has 180 valence electrons. The Kier molecular flexibility index (Phi) is 6.70. The van der Waals surface area contributed by atoms with E-state index in [2.05, 4.69) is 29.7 Å². The number of carbonyl (C=O) groups excluding carboxylic acids is 2. The van der Waals surface area contributed by atoms with Crippen LogP contribution in [0.15, 0.2) is 11.7 Å². The van der Waals surface area contributed by atoms with Crippen LogP contribution in [-0.2, 0) is 33.7 Å². The van der Waals surface area contributed by atoms with Crippen molar-refractivity contribution in [1.82, 2.24) is 24.5 Å². The van der Waals surface area contributed by atoms with Crippen molar-refractivity contribution in [2.75, 3.05) is 29.9 Å². The first-order valence-electron chi connectivity index (χ1n) is 12.0. The number of nitrogens with one attached hydrogen (secondary N) is 1. The lowest BCUT2D eigenvalue weighted by Crippen LogP contribution is -2.41. The molecule has 1 fully saturated rings. The molecule has 5 rings (SSSR count). The first-order chi connectivity index (χ1) is 16.6. The molecular formula is C23H29N7O3S. The molecule has 2 aliphatic rings. The number of carbonyl (C=O) groups is 2. The van der Waals surface area contributed by atoms with Gasteiger partial charge in [0.2, 0.25) is 5.91 Å². The lowest BCUT2D eigenvalue weighted by Gasteiger charge is -2.32. The number of ether oxygens (including phenoxy) is 1. The molecule has 3 aromatic heterocycles. The normalized spacial score (nSPS) is 18.4. The quantitative estimate of drug-likeness (QED) is 0.532. The summed E-state index contributed by atoms with van der Waals surface area (Å²) < 4.78 is 7.20. The molecule has 11 heteroatoms. The molecule has 1 atom stereocenters. The van der Waals surface area contributed by atoms with E-state index in [4.69, 9.17) is 9.72 Å². The number of esters is 1. The van der Waals surface area contributed by atoms with E-state index >= 15 is 0 Å². The van der Waals surface area contributed by atoms with Crippen LogP contribution in [0.5, 0.6) is 0 Å². The van der Waals surface area contributed by atoms with Gasteiger partial charge in [0.15, 0.2) is 22.1 Å². The average Bonchev–Trinajstić information content (AvgIpc) is 3.34. The summed E-state index contributed by atoms with van der Waals surface area (Å²) in [7, 11) is 0. The third-order valence-corrected chi connectivity index (χ3v) is 7.18. The molecule has 0 aliphatic carbocycles. The molecule has 0 bridgehead atoms. The fourth-order valence-corrected chi connectivity index (χ4v) is 5.47. The number of rotatable bonds is 6. The van der Waals surface area contributed by atoms with Gasteiger partial charge in [-0.05, 0) is 32.6 Å². The van der Waals surface area contributed by atoms with E-state index in [1.165, 1.54) is 17.8 Å². The van der Waals surface area contributed by atoms with E-state index in [9.17, 15) is 9.59 Å². The third-order valence-electron chi connectivity index (χ3n) is 6.38. The molecule has 1 N–H and O–H groups in total. The smallest absolute Gasteiger partial charge is 0.311 e. The Morgan fingerprint density at radius 2 is 2.09 bits per heavy atom. The molecule has 34 heavy (non-hydrogen) atoms. The van der Waals surface area contributed by atoms with Gasteiger partial charge in [0.25, 0.3) is 0 Å². The fourth-order valence-electron chi connectivity index (χ4n) is 4.75. The Morgan fingerprint density at radius 1 is 1.18 bits per heavy atom. The number of hydrogen-bond acceptors (Lipinski definition) is 9. The summed E-state index contributed by atoms with van der Waals surface area (Å²) in [6.45, 7) is 4.46. The third kappa shape index (κ3) is 4.75. The van der Waals surface area contributed by atoms with Crippen molar-refractivity contribution in [3.8, 4) is 0 Å². The monoisotopic (exact) mass is 483 g/mol. The Bertz CT molecular complexity index is 1190. The lowest BCUT2D eigenvalue weighted by atomic mass is 9.97. The predicted molar refractivity (Wildman–Crippen MR) is 129 cm³/mol. The number of fused-ring (bicyclic) bond motifs is 3. The maximum absolute atomic E-state index is 13.0. The molecule has 2 aliphatic heterocycles. The summed E-state index contributed by atoms with van der Waals surface area (Å²) in [5, 5.41) is 5.21. The second-order valence-corrected chi connectivity index (χ2v) is 9.62. The molecule has 0 radical (unpaired) electrons. The maximum atomic E-state index is 13.0. The lowest BCUT2D eigenvalue weighted by molar-refractivity contribution is -0.142. The summed E-state index contributed by atoms with van der Waals surface area (Å²) in [5.74, 6) is 1.34. The molecule has 3 aromatic rings. The zero-order chi connectivity index (χ0) is 23.5. The zero-order valence-corrected chi connectivity index (χ0v) is 20.1. The first kappa shape index (κ1) is 22.7. The molecular weight excluding hydrogens is 454 g/mol. The van der Waals surface area contributed by atoms with Crippen LogP contribution in [0.4, 0.5) is 10.9 Å². The van der Waals surface area contributed by atoms with E-state index in [0.717, 1.165) is 68.0 Å². The van der Waals surface area contributed by atoms with Gasteiger partial charge in [0.05, 0.1) is 24.6 Å². The minimum absolute atomic E-state index is 0.0624. The average molecular weight is 484 g/mol. The van der Waals surface area contributed by atoms with Crippen molar-refractivity contribution < 1.29 is 14.3 Å². The predicted octanol–water partition coefficient (Wildman–Crippen LogP) is 2.97. The van der Waals surface area contributed by atoms with Gasteiger partial charge >= 0.3 is 5.97 Å². The maximum Gasteiger partial charge on any atom is 0.311 e.